The van der Waals surface area contributed by atoms with Crippen LogP contribution in [0.1, 0.15) is 57.8 Å². The Kier molecular flexibility index (Phi) is 5.45. The molecule has 0 bridgehead atoms. The molecule has 0 spiro atoms. The van der Waals surface area contributed by atoms with Crippen LogP contribution in [0.25, 0.3) is 0 Å². The molecule has 1 aliphatic carbocycles. The Labute approximate surface area is 109 Å². The van der Waals surface area contributed by atoms with E-state index in [0.29, 0.717) is 6.42 Å². The molecular weight excluding hydrogens is 230 g/mol. The third-order valence-corrected chi connectivity index (χ3v) is 4.01. The minimum Gasteiger partial charge on any atom is -0.391 e. The van der Waals surface area contributed by atoms with E-state index in [9.17, 15) is 9.90 Å². The smallest absolute Gasteiger partial charge is 0.222 e. The lowest BCUT2D eigenvalue weighted by atomic mass is 10.0. The Hall–Kier alpha value is -0.610. The average Bonchev–Trinajstić information content (AvgIpc) is 2.56. The molecule has 0 radical (unpaired) electrons. The highest BCUT2D eigenvalue weighted by Gasteiger charge is 2.25. The van der Waals surface area contributed by atoms with Gasteiger partial charge in [0.05, 0.1) is 24.7 Å². The summed E-state index contributed by atoms with van der Waals surface area (Å²) in [5, 5.41) is 12.9. The van der Waals surface area contributed by atoms with E-state index in [1.54, 1.807) is 0 Å². The van der Waals surface area contributed by atoms with Crippen molar-refractivity contribution in [1.82, 2.24) is 5.32 Å². The van der Waals surface area contributed by atoms with Crippen molar-refractivity contribution >= 4 is 5.91 Å². The molecule has 2 N–H and O–H groups in total. The third kappa shape index (κ3) is 4.25. The highest BCUT2D eigenvalue weighted by molar-refractivity contribution is 5.76. The van der Waals surface area contributed by atoms with E-state index in [0.717, 1.165) is 58.0 Å². The van der Waals surface area contributed by atoms with Gasteiger partial charge < -0.3 is 15.2 Å². The second kappa shape index (κ2) is 7.10. The number of amides is 1. The summed E-state index contributed by atoms with van der Waals surface area (Å²) >= 11 is 0. The minimum atomic E-state index is -0.372. The number of carbonyl (C=O) groups is 1. The van der Waals surface area contributed by atoms with Crippen LogP contribution in [0.3, 0.4) is 0 Å². The molecule has 4 nitrogen and oxygen atoms in total. The van der Waals surface area contributed by atoms with Crippen molar-refractivity contribution in [2.75, 3.05) is 6.61 Å². The number of ether oxygens (including phenoxy) is 1. The molecule has 1 heterocycles. The number of rotatable bonds is 3. The fraction of sp³-hybridized carbons (Fsp3) is 0.929. The fourth-order valence-electron chi connectivity index (χ4n) is 2.90. The van der Waals surface area contributed by atoms with Crippen molar-refractivity contribution in [1.29, 1.82) is 0 Å². The maximum atomic E-state index is 11.9. The third-order valence-electron chi connectivity index (χ3n) is 4.01. The molecule has 104 valence electrons. The monoisotopic (exact) mass is 255 g/mol. The molecule has 1 saturated carbocycles. The topological polar surface area (TPSA) is 58.6 Å². The highest BCUT2D eigenvalue weighted by Crippen LogP contribution is 2.19. The molecule has 1 amide bonds. The molecule has 4 heteroatoms. The summed E-state index contributed by atoms with van der Waals surface area (Å²) in [6, 6.07) is -0.0522. The van der Waals surface area contributed by atoms with Crippen molar-refractivity contribution in [2.24, 2.45) is 0 Å². The Morgan fingerprint density at radius 3 is 2.67 bits per heavy atom. The first-order chi connectivity index (χ1) is 8.75. The van der Waals surface area contributed by atoms with E-state index < -0.39 is 0 Å². The maximum absolute atomic E-state index is 11.9. The van der Waals surface area contributed by atoms with Gasteiger partial charge in [-0.2, -0.15) is 0 Å². The van der Waals surface area contributed by atoms with Gasteiger partial charge in [0.25, 0.3) is 0 Å². The Morgan fingerprint density at radius 2 is 1.89 bits per heavy atom. The van der Waals surface area contributed by atoms with Crippen LogP contribution in [0, 0.1) is 0 Å². The summed E-state index contributed by atoms with van der Waals surface area (Å²) in [6.07, 6.45) is 8.46. The lowest BCUT2D eigenvalue weighted by Crippen LogP contribution is -2.44. The largest absolute Gasteiger partial charge is 0.391 e. The normalized spacial score (nSPS) is 33.7. The SMILES string of the molecule is O=C(CC1CCCCO1)NC1CCCCCC1O. The van der Waals surface area contributed by atoms with Crippen LogP contribution in [0.5, 0.6) is 0 Å². The molecule has 2 rings (SSSR count). The van der Waals surface area contributed by atoms with Gasteiger partial charge in [-0.05, 0) is 32.1 Å². The van der Waals surface area contributed by atoms with Crippen LogP contribution in [0.2, 0.25) is 0 Å². The zero-order valence-corrected chi connectivity index (χ0v) is 11.1. The van der Waals surface area contributed by atoms with Crippen molar-refractivity contribution < 1.29 is 14.6 Å². The van der Waals surface area contributed by atoms with Gasteiger partial charge in [-0.15, -0.1) is 0 Å². The molecular formula is C14H25NO3. The minimum absolute atomic E-state index is 0.0350. The van der Waals surface area contributed by atoms with Crippen molar-refractivity contribution in [3.05, 3.63) is 0 Å². The van der Waals surface area contributed by atoms with E-state index in [4.69, 9.17) is 4.74 Å². The van der Waals surface area contributed by atoms with Gasteiger partial charge in [0.1, 0.15) is 0 Å². The average molecular weight is 255 g/mol. The molecule has 0 aromatic rings. The second-order valence-corrected chi connectivity index (χ2v) is 5.57. The molecule has 1 saturated heterocycles. The van der Waals surface area contributed by atoms with Crippen LogP contribution in [0.4, 0.5) is 0 Å². The Morgan fingerprint density at radius 1 is 1.11 bits per heavy atom. The summed E-state index contributed by atoms with van der Waals surface area (Å²) in [6.45, 7) is 0.782. The summed E-state index contributed by atoms with van der Waals surface area (Å²) < 4.78 is 5.57. The summed E-state index contributed by atoms with van der Waals surface area (Å²) in [5.74, 6) is 0.0350. The number of aliphatic hydroxyl groups excluding tert-OH is 1. The van der Waals surface area contributed by atoms with E-state index in [-0.39, 0.29) is 24.2 Å². The van der Waals surface area contributed by atoms with Crippen LogP contribution in [-0.4, -0.2) is 35.9 Å². The molecule has 0 aromatic heterocycles. The van der Waals surface area contributed by atoms with E-state index in [1.165, 1.54) is 0 Å². The second-order valence-electron chi connectivity index (χ2n) is 5.57. The Balaban J connectivity index is 1.74. The summed E-state index contributed by atoms with van der Waals surface area (Å²) in [5.41, 5.74) is 0. The molecule has 3 unspecified atom stereocenters. The molecule has 2 aliphatic rings. The van der Waals surface area contributed by atoms with Crippen molar-refractivity contribution in [2.45, 2.75) is 76.0 Å². The van der Waals surface area contributed by atoms with Crippen molar-refractivity contribution in [3.63, 3.8) is 0 Å². The van der Waals surface area contributed by atoms with E-state index in [1.807, 2.05) is 0 Å². The molecule has 0 aromatic carbocycles. The Bertz CT molecular complexity index is 264. The molecule has 18 heavy (non-hydrogen) atoms. The molecule has 1 aliphatic heterocycles. The molecule has 2 fully saturated rings. The van der Waals surface area contributed by atoms with Crippen molar-refractivity contribution in [3.8, 4) is 0 Å². The number of hydrogen-bond donors (Lipinski definition) is 2. The van der Waals surface area contributed by atoms with Gasteiger partial charge in [0, 0.05) is 6.61 Å². The number of hydrogen-bond acceptors (Lipinski definition) is 3. The van der Waals surface area contributed by atoms with Gasteiger partial charge in [0.15, 0.2) is 0 Å². The zero-order chi connectivity index (χ0) is 12.8. The first kappa shape index (κ1) is 13.8. The number of nitrogens with one attached hydrogen (secondary N) is 1. The van der Waals surface area contributed by atoms with E-state index >= 15 is 0 Å². The van der Waals surface area contributed by atoms with Gasteiger partial charge in [-0.1, -0.05) is 19.3 Å². The van der Waals surface area contributed by atoms with Gasteiger partial charge in [-0.25, -0.2) is 0 Å². The first-order valence-corrected chi connectivity index (χ1v) is 7.35. The lowest BCUT2D eigenvalue weighted by Gasteiger charge is -2.25. The first-order valence-electron chi connectivity index (χ1n) is 7.35. The lowest BCUT2D eigenvalue weighted by molar-refractivity contribution is -0.126. The van der Waals surface area contributed by atoms with Crippen LogP contribution >= 0.6 is 0 Å². The van der Waals surface area contributed by atoms with Crippen LogP contribution < -0.4 is 5.32 Å². The number of aliphatic hydroxyl groups is 1. The van der Waals surface area contributed by atoms with Gasteiger partial charge in [-0.3, -0.25) is 4.79 Å². The summed E-state index contributed by atoms with van der Waals surface area (Å²) in [4.78, 5) is 11.9. The van der Waals surface area contributed by atoms with Crippen LogP contribution in [-0.2, 0) is 9.53 Å². The predicted octanol–water partition coefficient (Wildman–Crippen LogP) is 1.76. The van der Waals surface area contributed by atoms with Gasteiger partial charge >= 0.3 is 0 Å². The highest BCUT2D eigenvalue weighted by atomic mass is 16.5. The van der Waals surface area contributed by atoms with Crippen LogP contribution in [0.15, 0.2) is 0 Å². The van der Waals surface area contributed by atoms with E-state index in [2.05, 4.69) is 5.32 Å². The zero-order valence-electron chi connectivity index (χ0n) is 11.1. The van der Waals surface area contributed by atoms with Gasteiger partial charge in [0.2, 0.25) is 5.91 Å². The summed E-state index contributed by atoms with van der Waals surface area (Å²) in [7, 11) is 0. The number of carbonyl (C=O) groups excluding carboxylic acids is 1. The standard InChI is InChI=1S/C14H25NO3/c16-13-8-3-1-2-7-12(13)15-14(17)10-11-6-4-5-9-18-11/h11-13,16H,1-10H2,(H,15,17). The fourth-order valence-corrected chi connectivity index (χ4v) is 2.90. The molecule has 3 atom stereocenters. The quantitative estimate of drug-likeness (QED) is 0.755. The predicted molar refractivity (Wildman–Crippen MR) is 69.2 cm³/mol. The maximum Gasteiger partial charge on any atom is 0.222 e.